The minimum atomic E-state index is -0.195. The summed E-state index contributed by atoms with van der Waals surface area (Å²) >= 11 is 0. The molecule has 0 bridgehead atoms. The van der Waals surface area contributed by atoms with Gasteiger partial charge in [0.15, 0.2) is 11.6 Å². The monoisotopic (exact) mass is 496 g/mol. The fraction of sp³-hybridized carbons (Fsp3) is 0.462. The lowest BCUT2D eigenvalue weighted by molar-refractivity contribution is 0.0981. The SMILES string of the molecule is CN(C)CCNc1ccc(NCCN(C)C)c2c1C(=O)c1c(NCCN)ccc(NCCN)c1C2=O. The van der Waals surface area contributed by atoms with E-state index in [0.29, 0.717) is 84.3 Å². The molecular formula is C26H40N8O2. The summed E-state index contributed by atoms with van der Waals surface area (Å²) in [6.07, 6.45) is 0. The molecule has 0 aliphatic heterocycles. The molecule has 0 atom stereocenters. The number of ketones is 2. The van der Waals surface area contributed by atoms with Crippen molar-refractivity contribution < 1.29 is 9.59 Å². The van der Waals surface area contributed by atoms with E-state index in [2.05, 4.69) is 31.1 Å². The average molecular weight is 497 g/mol. The number of hydrogen-bond donors (Lipinski definition) is 6. The zero-order chi connectivity index (χ0) is 26.2. The summed E-state index contributed by atoms with van der Waals surface area (Å²) < 4.78 is 0. The average Bonchev–Trinajstić information content (AvgIpc) is 2.84. The molecule has 0 fully saturated rings. The molecule has 0 radical (unpaired) electrons. The summed E-state index contributed by atoms with van der Waals surface area (Å²) in [5.41, 5.74) is 15.4. The lowest BCUT2D eigenvalue weighted by Crippen LogP contribution is -2.29. The summed E-state index contributed by atoms with van der Waals surface area (Å²) in [6.45, 7) is 4.61. The Bertz CT molecular complexity index is 1000. The van der Waals surface area contributed by atoms with Crippen LogP contribution in [0.3, 0.4) is 0 Å². The van der Waals surface area contributed by atoms with Crippen molar-refractivity contribution in [2.45, 2.75) is 0 Å². The molecule has 10 heteroatoms. The molecule has 1 aliphatic carbocycles. The van der Waals surface area contributed by atoms with E-state index in [9.17, 15) is 9.59 Å². The third kappa shape index (κ3) is 6.14. The van der Waals surface area contributed by atoms with E-state index in [1.807, 2.05) is 52.5 Å². The highest BCUT2D eigenvalue weighted by molar-refractivity contribution is 6.35. The largest absolute Gasteiger partial charge is 0.383 e. The van der Waals surface area contributed by atoms with Crippen LogP contribution in [0.1, 0.15) is 31.8 Å². The summed E-state index contributed by atoms with van der Waals surface area (Å²) in [5, 5.41) is 13.2. The summed E-state index contributed by atoms with van der Waals surface area (Å²) in [5.74, 6) is -0.390. The Kier molecular flexibility index (Phi) is 9.65. The molecule has 0 aromatic heterocycles. The second kappa shape index (κ2) is 12.7. The van der Waals surface area contributed by atoms with E-state index in [-0.39, 0.29) is 11.6 Å². The van der Waals surface area contributed by atoms with Crippen molar-refractivity contribution >= 4 is 34.3 Å². The number of hydrogen-bond acceptors (Lipinski definition) is 10. The first-order valence-electron chi connectivity index (χ1n) is 12.4. The van der Waals surface area contributed by atoms with Crippen molar-refractivity contribution in [1.29, 1.82) is 0 Å². The lowest BCUT2D eigenvalue weighted by atomic mass is 9.80. The van der Waals surface area contributed by atoms with Gasteiger partial charge in [-0.2, -0.15) is 0 Å². The van der Waals surface area contributed by atoms with Crippen LogP contribution in [0.5, 0.6) is 0 Å². The molecule has 0 spiro atoms. The second-order valence-electron chi connectivity index (χ2n) is 9.37. The van der Waals surface area contributed by atoms with Crippen LogP contribution in [-0.2, 0) is 0 Å². The van der Waals surface area contributed by atoms with Gasteiger partial charge < -0.3 is 42.5 Å². The Labute approximate surface area is 213 Å². The Balaban J connectivity index is 2.16. The molecule has 0 unspecified atom stereocenters. The molecule has 0 heterocycles. The van der Waals surface area contributed by atoms with E-state index in [1.165, 1.54) is 0 Å². The van der Waals surface area contributed by atoms with Gasteiger partial charge in [-0.1, -0.05) is 0 Å². The third-order valence-corrected chi connectivity index (χ3v) is 5.99. The van der Waals surface area contributed by atoms with Gasteiger partial charge in [0.25, 0.3) is 0 Å². The highest BCUT2D eigenvalue weighted by atomic mass is 16.1. The van der Waals surface area contributed by atoms with Crippen LogP contribution in [0.4, 0.5) is 22.7 Å². The van der Waals surface area contributed by atoms with E-state index < -0.39 is 0 Å². The van der Waals surface area contributed by atoms with Crippen molar-refractivity contribution in [3.8, 4) is 0 Å². The molecule has 0 amide bonds. The van der Waals surface area contributed by atoms with Crippen LogP contribution >= 0.6 is 0 Å². The minimum absolute atomic E-state index is 0.195. The number of nitrogens with two attached hydrogens (primary N) is 2. The standard InChI is InChI=1S/C26H40N8O2/c1-33(2)15-13-31-19-7-8-20(32-14-16-34(3)4)24-23(19)25(35)21-17(29-11-9-27)5-6-18(30-12-10-28)22(21)26(24)36/h5-8,29-32H,9-16,27-28H2,1-4H3. The highest BCUT2D eigenvalue weighted by Crippen LogP contribution is 2.41. The van der Waals surface area contributed by atoms with Crippen LogP contribution in [0.2, 0.25) is 0 Å². The first-order valence-corrected chi connectivity index (χ1v) is 12.4. The fourth-order valence-corrected chi connectivity index (χ4v) is 4.23. The lowest BCUT2D eigenvalue weighted by Gasteiger charge is -2.27. The van der Waals surface area contributed by atoms with Gasteiger partial charge in [0.1, 0.15) is 0 Å². The molecule has 1 aliphatic rings. The maximum absolute atomic E-state index is 14.2. The predicted molar refractivity (Wildman–Crippen MR) is 149 cm³/mol. The Morgan fingerprint density at radius 1 is 0.556 bits per heavy atom. The van der Waals surface area contributed by atoms with E-state index in [4.69, 9.17) is 11.5 Å². The number of carbonyl (C=O) groups excluding carboxylic acids is 2. The van der Waals surface area contributed by atoms with E-state index in [0.717, 1.165) is 13.1 Å². The normalized spacial score (nSPS) is 12.6. The van der Waals surface area contributed by atoms with Crippen LogP contribution in [0.25, 0.3) is 0 Å². The number of likely N-dealkylation sites (N-methyl/N-ethyl adjacent to an activating group) is 2. The third-order valence-electron chi connectivity index (χ3n) is 5.99. The quantitative estimate of drug-likeness (QED) is 0.192. The molecule has 3 rings (SSSR count). The Morgan fingerprint density at radius 3 is 1.08 bits per heavy atom. The van der Waals surface area contributed by atoms with Crippen molar-refractivity contribution in [3.63, 3.8) is 0 Å². The summed E-state index contributed by atoms with van der Waals surface area (Å²) in [7, 11) is 7.96. The maximum atomic E-state index is 14.2. The van der Waals surface area contributed by atoms with E-state index in [1.54, 1.807) is 0 Å². The number of nitrogens with one attached hydrogen (secondary N) is 4. The number of fused-ring (bicyclic) bond motifs is 2. The summed E-state index contributed by atoms with van der Waals surface area (Å²) in [4.78, 5) is 32.4. The van der Waals surface area contributed by atoms with Gasteiger partial charge in [-0.3, -0.25) is 9.59 Å². The smallest absolute Gasteiger partial charge is 0.198 e. The molecule has 8 N–H and O–H groups in total. The second-order valence-corrected chi connectivity index (χ2v) is 9.37. The number of rotatable bonds is 14. The molecule has 2 aromatic carbocycles. The molecular weight excluding hydrogens is 456 g/mol. The number of anilines is 4. The highest BCUT2D eigenvalue weighted by Gasteiger charge is 2.37. The molecule has 2 aromatic rings. The zero-order valence-corrected chi connectivity index (χ0v) is 21.8. The predicted octanol–water partition coefficient (Wildman–Crippen LogP) is 1.15. The van der Waals surface area contributed by atoms with Crippen molar-refractivity contribution in [2.75, 3.05) is 102 Å². The molecule has 36 heavy (non-hydrogen) atoms. The minimum Gasteiger partial charge on any atom is -0.383 e. The van der Waals surface area contributed by atoms with Crippen molar-refractivity contribution in [1.82, 2.24) is 9.80 Å². The van der Waals surface area contributed by atoms with Gasteiger partial charge >= 0.3 is 0 Å². The maximum Gasteiger partial charge on any atom is 0.198 e. The Hall–Kier alpha value is -3.18. The summed E-state index contributed by atoms with van der Waals surface area (Å²) in [6, 6.07) is 7.40. The van der Waals surface area contributed by atoms with Crippen molar-refractivity contribution in [2.24, 2.45) is 11.5 Å². The van der Waals surface area contributed by atoms with Crippen LogP contribution in [-0.4, -0.2) is 102 Å². The molecule has 10 nitrogen and oxygen atoms in total. The van der Waals surface area contributed by atoms with Gasteiger partial charge in [0, 0.05) is 75.1 Å². The Morgan fingerprint density at radius 2 is 0.833 bits per heavy atom. The number of carbonyl (C=O) groups is 2. The first kappa shape index (κ1) is 27.4. The van der Waals surface area contributed by atoms with E-state index >= 15 is 0 Å². The van der Waals surface area contributed by atoms with Gasteiger partial charge in [-0.15, -0.1) is 0 Å². The zero-order valence-electron chi connectivity index (χ0n) is 21.8. The number of benzene rings is 2. The van der Waals surface area contributed by atoms with Gasteiger partial charge in [-0.05, 0) is 52.5 Å². The number of nitrogens with zero attached hydrogens (tertiary/aromatic N) is 2. The molecule has 196 valence electrons. The van der Waals surface area contributed by atoms with Gasteiger partial charge in [-0.25, -0.2) is 0 Å². The van der Waals surface area contributed by atoms with Crippen molar-refractivity contribution in [3.05, 3.63) is 46.5 Å². The first-order chi connectivity index (χ1) is 17.3. The van der Waals surface area contributed by atoms with Crippen LogP contribution in [0, 0.1) is 0 Å². The van der Waals surface area contributed by atoms with Gasteiger partial charge in [0.05, 0.1) is 22.3 Å². The van der Waals surface area contributed by atoms with Crippen LogP contribution < -0.4 is 32.7 Å². The fourth-order valence-electron chi connectivity index (χ4n) is 4.23. The van der Waals surface area contributed by atoms with Gasteiger partial charge in [0.2, 0.25) is 0 Å². The molecule has 0 saturated carbocycles. The van der Waals surface area contributed by atoms with Crippen LogP contribution in [0.15, 0.2) is 24.3 Å². The topological polar surface area (TPSA) is 141 Å². The molecule has 0 saturated heterocycles.